The first-order valence-electron chi connectivity index (χ1n) is 6.96. The summed E-state index contributed by atoms with van der Waals surface area (Å²) in [6.45, 7) is -0.253. The van der Waals surface area contributed by atoms with Crippen LogP contribution in [0.5, 0.6) is 17.2 Å². The molecule has 1 amide bonds. The third-order valence-electron chi connectivity index (χ3n) is 3.12. The van der Waals surface area contributed by atoms with E-state index in [9.17, 15) is 9.59 Å². The minimum absolute atomic E-state index is 0.253. The molecule has 126 valence electrons. The molecule has 0 aliphatic heterocycles. The second-order valence-electron chi connectivity index (χ2n) is 4.71. The summed E-state index contributed by atoms with van der Waals surface area (Å²) in [5, 5.41) is 3.09. The van der Waals surface area contributed by atoms with E-state index in [1.807, 2.05) is 0 Å². The Morgan fingerprint density at radius 2 is 1.79 bits per heavy atom. The number of carbonyl (C=O) groups is 2. The molecule has 7 heteroatoms. The third-order valence-corrected chi connectivity index (χ3v) is 3.36. The first-order valence-corrected chi connectivity index (χ1v) is 7.34. The van der Waals surface area contributed by atoms with E-state index in [0.29, 0.717) is 28.5 Å². The maximum atomic E-state index is 12.0. The van der Waals surface area contributed by atoms with Crippen LogP contribution in [0.25, 0.3) is 0 Å². The molecule has 0 bridgehead atoms. The van der Waals surface area contributed by atoms with E-state index in [1.54, 1.807) is 24.3 Å². The van der Waals surface area contributed by atoms with Crippen molar-refractivity contribution in [3.63, 3.8) is 0 Å². The number of amides is 1. The van der Waals surface area contributed by atoms with E-state index < -0.39 is 0 Å². The minimum atomic E-state index is -0.381. The lowest BCUT2D eigenvalue weighted by molar-refractivity contribution is -0.118. The third kappa shape index (κ3) is 4.39. The van der Waals surface area contributed by atoms with E-state index in [1.165, 1.54) is 26.4 Å². The van der Waals surface area contributed by atoms with Gasteiger partial charge in [0.2, 0.25) is 0 Å². The molecule has 24 heavy (non-hydrogen) atoms. The molecule has 0 heterocycles. The molecule has 0 aliphatic carbocycles. The Kier molecular flexibility index (Phi) is 6.03. The summed E-state index contributed by atoms with van der Waals surface area (Å²) in [4.78, 5) is 23.0. The van der Waals surface area contributed by atoms with Gasteiger partial charge in [0.25, 0.3) is 5.91 Å². The Labute approximate surface area is 144 Å². The molecular formula is C17H16ClNO5. The van der Waals surface area contributed by atoms with Crippen molar-refractivity contribution in [2.45, 2.75) is 0 Å². The molecule has 0 radical (unpaired) electrons. The maximum Gasteiger partial charge on any atom is 0.262 e. The highest BCUT2D eigenvalue weighted by Crippen LogP contribution is 2.29. The fourth-order valence-electron chi connectivity index (χ4n) is 2.00. The number of carbonyl (C=O) groups excluding carboxylic acids is 2. The van der Waals surface area contributed by atoms with Gasteiger partial charge in [-0.25, -0.2) is 0 Å². The summed E-state index contributed by atoms with van der Waals surface area (Å²) < 4.78 is 15.7. The summed E-state index contributed by atoms with van der Waals surface area (Å²) >= 11 is 5.80. The summed E-state index contributed by atoms with van der Waals surface area (Å²) in [5.41, 5.74) is 0.814. The van der Waals surface area contributed by atoms with Crippen LogP contribution in [0.2, 0.25) is 5.02 Å². The van der Waals surface area contributed by atoms with Gasteiger partial charge in [-0.2, -0.15) is 0 Å². The first-order chi connectivity index (χ1) is 11.6. The number of ether oxygens (including phenoxy) is 3. The largest absolute Gasteiger partial charge is 0.493 e. The van der Waals surface area contributed by atoms with Crippen LogP contribution < -0.4 is 19.5 Å². The van der Waals surface area contributed by atoms with Crippen LogP contribution in [0, 0.1) is 0 Å². The average molecular weight is 350 g/mol. The van der Waals surface area contributed by atoms with Crippen molar-refractivity contribution in [2.24, 2.45) is 0 Å². The number of aldehydes is 1. The van der Waals surface area contributed by atoms with Gasteiger partial charge < -0.3 is 19.5 Å². The lowest BCUT2D eigenvalue weighted by Gasteiger charge is -2.11. The van der Waals surface area contributed by atoms with E-state index in [-0.39, 0.29) is 23.8 Å². The standard InChI is InChI=1S/C17H16ClNO5/c1-22-15-6-4-13(8-16(15)23-2)19-17(21)10-24-14-5-3-12(18)7-11(14)9-20/h3-9H,10H2,1-2H3,(H,19,21). The Hall–Kier alpha value is -2.73. The predicted molar refractivity (Wildman–Crippen MR) is 90.5 cm³/mol. The highest BCUT2D eigenvalue weighted by Gasteiger charge is 2.10. The summed E-state index contributed by atoms with van der Waals surface area (Å²) in [5.74, 6) is 0.964. The number of hydrogen-bond acceptors (Lipinski definition) is 5. The van der Waals surface area contributed by atoms with Crippen molar-refractivity contribution in [1.29, 1.82) is 0 Å². The fourth-order valence-corrected chi connectivity index (χ4v) is 2.18. The predicted octanol–water partition coefficient (Wildman–Crippen LogP) is 3.19. The fraction of sp³-hybridized carbons (Fsp3) is 0.176. The molecule has 0 atom stereocenters. The molecule has 2 aromatic carbocycles. The molecule has 0 spiro atoms. The van der Waals surface area contributed by atoms with Gasteiger partial charge in [-0.05, 0) is 30.3 Å². The van der Waals surface area contributed by atoms with Gasteiger partial charge in [0.1, 0.15) is 5.75 Å². The van der Waals surface area contributed by atoms with Gasteiger partial charge in [0, 0.05) is 16.8 Å². The van der Waals surface area contributed by atoms with Crippen LogP contribution in [0.4, 0.5) is 5.69 Å². The number of benzene rings is 2. The highest BCUT2D eigenvalue weighted by molar-refractivity contribution is 6.30. The van der Waals surface area contributed by atoms with Gasteiger partial charge in [0.05, 0.1) is 19.8 Å². The monoisotopic (exact) mass is 349 g/mol. The number of methoxy groups -OCH3 is 2. The summed E-state index contributed by atoms with van der Waals surface area (Å²) in [6.07, 6.45) is 0.619. The molecule has 0 unspecified atom stereocenters. The van der Waals surface area contributed by atoms with E-state index in [4.69, 9.17) is 25.8 Å². The smallest absolute Gasteiger partial charge is 0.262 e. The van der Waals surface area contributed by atoms with Crippen LogP contribution in [0.15, 0.2) is 36.4 Å². The Morgan fingerprint density at radius 1 is 1.08 bits per heavy atom. The second kappa shape index (κ2) is 8.21. The molecule has 0 saturated heterocycles. The van der Waals surface area contributed by atoms with Crippen molar-refractivity contribution in [2.75, 3.05) is 26.1 Å². The maximum absolute atomic E-state index is 12.0. The second-order valence-corrected chi connectivity index (χ2v) is 5.14. The van der Waals surface area contributed by atoms with Gasteiger partial charge in [-0.1, -0.05) is 11.6 Å². The van der Waals surface area contributed by atoms with Crippen molar-refractivity contribution < 1.29 is 23.8 Å². The normalized spacial score (nSPS) is 9.96. The molecule has 0 saturated carbocycles. The first kappa shape index (κ1) is 17.6. The van der Waals surface area contributed by atoms with Crippen molar-refractivity contribution in [3.8, 4) is 17.2 Å². The molecule has 2 aromatic rings. The van der Waals surface area contributed by atoms with Crippen LogP contribution in [-0.4, -0.2) is 33.0 Å². The number of nitrogens with one attached hydrogen (secondary N) is 1. The topological polar surface area (TPSA) is 73.9 Å². The lowest BCUT2D eigenvalue weighted by atomic mass is 10.2. The zero-order chi connectivity index (χ0) is 17.5. The number of anilines is 1. The quantitative estimate of drug-likeness (QED) is 0.777. The Balaban J connectivity index is 2.00. The molecule has 2 rings (SSSR count). The molecule has 0 aromatic heterocycles. The highest BCUT2D eigenvalue weighted by atomic mass is 35.5. The van der Waals surface area contributed by atoms with Crippen LogP contribution in [0.1, 0.15) is 10.4 Å². The Bertz CT molecular complexity index is 748. The SMILES string of the molecule is COc1ccc(NC(=O)COc2ccc(Cl)cc2C=O)cc1OC. The van der Waals surface area contributed by atoms with Gasteiger partial charge in [0.15, 0.2) is 24.4 Å². The number of halogens is 1. The van der Waals surface area contributed by atoms with Crippen molar-refractivity contribution >= 4 is 29.5 Å². The molecule has 1 N–H and O–H groups in total. The van der Waals surface area contributed by atoms with Crippen LogP contribution in [0.3, 0.4) is 0 Å². The zero-order valence-corrected chi connectivity index (χ0v) is 13.9. The van der Waals surface area contributed by atoms with Crippen LogP contribution in [-0.2, 0) is 4.79 Å². The zero-order valence-electron chi connectivity index (χ0n) is 13.2. The van der Waals surface area contributed by atoms with E-state index in [0.717, 1.165) is 0 Å². The minimum Gasteiger partial charge on any atom is -0.493 e. The summed E-state index contributed by atoms with van der Waals surface area (Å²) in [7, 11) is 3.04. The molecule has 0 fully saturated rings. The number of hydrogen-bond donors (Lipinski definition) is 1. The molecule has 6 nitrogen and oxygen atoms in total. The lowest BCUT2D eigenvalue weighted by Crippen LogP contribution is -2.20. The average Bonchev–Trinajstić information content (AvgIpc) is 2.60. The molecule has 0 aliphatic rings. The number of rotatable bonds is 7. The van der Waals surface area contributed by atoms with E-state index in [2.05, 4.69) is 5.32 Å². The van der Waals surface area contributed by atoms with Gasteiger partial charge in [-0.15, -0.1) is 0 Å². The summed E-state index contributed by atoms with van der Waals surface area (Å²) in [6, 6.07) is 9.58. The van der Waals surface area contributed by atoms with E-state index >= 15 is 0 Å². The van der Waals surface area contributed by atoms with Gasteiger partial charge in [-0.3, -0.25) is 9.59 Å². The molecular weight excluding hydrogens is 334 g/mol. The van der Waals surface area contributed by atoms with Crippen molar-refractivity contribution in [3.05, 3.63) is 47.0 Å². The Morgan fingerprint density at radius 3 is 2.46 bits per heavy atom. The van der Waals surface area contributed by atoms with Crippen molar-refractivity contribution in [1.82, 2.24) is 0 Å². The van der Waals surface area contributed by atoms with Crippen LogP contribution >= 0.6 is 11.6 Å². The van der Waals surface area contributed by atoms with Gasteiger partial charge >= 0.3 is 0 Å².